The number of nitrogens with zero attached hydrogens (tertiary/aromatic N) is 1. The Bertz CT molecular complexity index is 456. The van der Waals surface area contributed by atoms with Crippen molar-refractivity contribution < 1.29 is 4.39 Å². The first kappa shape index (κ1) is 13.1. The molecular weight excluding hydrogens is 239 g/mol. The van der Waals surface area contributed by atoms with E-state index in [0.717, 1.165) is 31.1 Å². The molecule has 1 N–H and O–H groups in total. The van der Waals surface area contributed by atoms with E-state index < -0.39 is 0 Å². The third-order valence-corrected chi connectivity index (χ3v) is 4.60. The van der Waals surface area contributed by atoms with Crippen molar-refractivity contribution in [2.75, 3.05) is 13.1 Å². The van der Waals surface area contributed by atoms with Gasteiger partial charge in [-0.3, -0.25) is 4.90 Å². The van der Waals surface area contributed by atoms with Crippen LogP contribution in [0.2, 0.25) is 0 Å². The van der Waals surface area contributed by atoms with Crippen molar-refractivity contribution in [1.29, 1.82) is 0 Å². The molecule has 1 aliphatic carbocycles. The number of hydrogen-bond acceptors (Lipinski definition) is 2. The number of rotatable bonds is 3. The Morgan fingerprint density at radius 2 is 2.16 bits per heavy atom. The molecule has 2 nitrogen and oxygen atoms in total. The van der Waals surface area contributed by atoms with Gasteiger partial charge in [0.05, 0.1) is 0 Å². The zero-order chi connectivity index (χ0) is 13.4. The van der Waals surface area contributed by atoms with Crippen LogP contribution in [0.15, 0.2) is 18.2 Å². The van der Waals surface area contributed by atoms with E-state index in [0.29, 0.717) is 12.1 Å². The first-order valence-electron chi connectivity index (χ1n) is 7.36. The normalized spacial score (nSPS) is 28.6. The average molecular weight is 262 g/mol. The van der Waals surface area contributed by atoms with Gasteiger partial charge < -0.3 is 5.32 Å². The molecular formula is C16H23FN2. The second-order valence-electron chi connectivity index (χ2n) is 6.20. The van der Waals surface area contributed by atoms with Gasteiger partial charge >= 0.3 is 0 Å². The SMILES string of the molecule is Cc1cc(F)ccc1CN1CC(C2CC2)NCC1C. The van der Waals surface area contributed by atoms with Gasteiger partial charge in [-0.05, 0) is 55.9 Å². The lowest BCUT2D eigenvalue weighted by Crippen LogP contribution is -2.55. The summed E-state index contributed by atoms with van der Waals surface area (Å²) in [6.07, 6.45) is 2.77. The van der Waals surface area contributed by atoms with Crippen molar-refractivity contribution in [3.63, 3.8) is 0 Å². The summed E-state index contributed by atoms with van der Waals surface area (Å²) in [4.78, 5) is 2.54. The number of halogens is 1. The molecule has 2 aliphatic rings. The quantitative estimate of drug-likeness (QED) is 0.901. The summed E-state index contributed by atoms with van der Waals surface area (Å²) in [6, 6.07) is 6.37. The molecule has 3 rings (SSSR count). The first-order chi connectivity index (χ1) is 9.13. The van der Waals surface area contributed by atoms with Crippen LogP contribution in [-0.4, -0.2) is 30.1 Å². The van der Waals surface area contributed by atoms with Gasteiger partial charge in [-0.25, -0.2) is 4.39 Å². The molecule has 0 bridgehead atoms. The number of benzene rings is 1. The Balaban J connectivity index is 1.69. The maximum atomic E-state index is 13.2. The van der Waals surface area contributed by atoms with E-state index in [-0.39, 0.29) is 5.82 Å². The van der Waals surface area contributed by atoms with Gasteiger partial charge in [0.2, 0.25) is 0 Å². The fourth-order valence-corrected chi connectivity index (χ4v) is 3.04. The van der Waals surface area contributed by atoms with Crippen molar-refractivity contribution in [1.82, 2.24) is 10.2 Å². The Kier molecular flexibility index (Phi) is 3.59. The second kappa shape index (κ2) is 5.22. The van der Waals surface area contributed by atoms with Crippen molar-refractivity contribution >= 4 is 0 Å². The molecule has 2 unspecified atom stereocenters. The molecule has 19 heavy (non-hydrogen) atoms. The summed E-state index contributed by atoms with van der Waals surface area (Å²) in [7, 11) is 0. The van der Waals surface area contributed by atoms with Gasteiger partial charge in [0.15, 0.2) is 0 Å². The zero-order valence-corrected chi connectivity index (χ0v) is 11.8. The number of hydrogen-bond donors (Lipinski definition) is 1. The Morgan fingerprint density at radius 3 is 2.84 bits per heavy atom. The summed E-state index contributed by atoms with van der Waals surface area (Å²) in [5.74, 6) is 0.759. The van der Waals surface area contributed by atoms with Crippen LogP contribution in [0.3, 0.4) is 0 Å². The first-order valence-corrected chi connectivity index (χ1v) is 7.36. The molecule has 1 saturated heterocycles. The van der Waals surface area contributed by atoms with Crippen LogP contribution in [0.4, 0.5) is 4.39 Å². The van der Waals surface area contributed by atoms with Crippen LogP contribution in [0, 0.1) is 18.7 Å². The molecule has 1 aliphatic heterocycles. The largest absolute Gasteiger partial charge is 0.311 e. The molecule has 104 valence electrons. The van der Waals surface area contributed by atoms with Crippen LogP contribution in [0.25, 0.3) is 0 Å². The summed E-state index contributed by atoms with van der Waals surface area (Å²) in [6.45, 7) is 7.42. The predicted molar refractivity (Wildman–Crippen MR) is 75.5 cm³/mol. The zero-order valence-electron chi connectivity index (χ0n) is 11.8. The highest BCUT2D eigenvalue weighted by Gasteiger charge is 2.35. The van der Waals surface area contributed by atoms with Crippen LogP contribution in [0.1, 0.15) is 30.9 Å². The molecule has 1 saturated carbocycles. The molecule has 1 heterocycles. The van der Waals surface area contributed by atoms with Crippen molar-refractivity contribution in [3.05, 3.63) is 35.1 Å². The van der Waals surface area contributed by atoms with Crippen LogP contribution < -0.4 is 5.32 Å². The van der Waals surface area contributed by atoms with E-state index in [1.54, 1.807) is 12.1 Å². The van der Waals surface area contributed by atoms with Crippen LogP contribution in [0.5, 0.6) is 0 Å². The molecule has 1 aromatic carbocycles. The molecule has 2 fully saturated rings. The average Bonchev–Trinajstić information content (AvgIpc) is 3.19. The molecule has 0 radical (unpaired) electrons. The van der Waals surface area contributed by atoms with Gasteiger partial charge in [0, 0.05) is 31.7 Å². The smallest absolute Gasteiger partial charge is 0.123 e. The van der Waals surface area contributed by atoms with Crippen molar-refractivity contribution in [2.45, 2.75) is 45.3 Å². The van der Waals surface area contributed by atoms with Gasteiger partial charge in [-0.15, -0.1) is 0 Å². The van der Waals surface area contributed by atoms with E-state index in [4.69, 9.17) is 0 Å². The molecule has 2 atom stereocenters. The maximum absolute atomic E-state index is 13.2. The van der Waals surface area contributed by atoms with Gasteiger partial charge in [-0.2, -0.15) is 0 Å². The Morgan fingerprint density at radius 1 is 1.37 bits per heavy atom. The minimum atomic E-state index is -0.134. The van der Waals surface area contributed by atoms with Gasteiger partial charge in [-0.1, -0.05) is 6.07 Å². The van der Waals surface area contributed by atoms with E-state index >= 15 is 0 Å². The fourth-order valence-electron chi connectivity index (χ4n) is 3.04. The highest BCUT2D eigenvalue weighted by atomic mass is 19.1. The van der Waals surface area contributed by atoms with E-state index in [1.165, 1.54) is 18.4 Å². The monoisotopic (exact) mass is 262 g/mol. The summed E-state index contributed by atoms with van der Waals surface area (Å²) >= 11 is 0. The predicted octanol–water partition coefficient (Wildman–Crippen LogP) is 2.71. The number of aryl methyl sites for hydroxylation is 1. The van der Waals surface area contributed by atoms with Crippen LogP contribution >= 0.6 is 0 Å². The Labute approximate surface area is 115 Å². The molecule has 1 aromatic rings. The third-order valence-electron chi connectivity index (χ3n) is 4.60. The van der Waals surface area contributed by atoms with E-state index in [2.05, 4.69) is 17.1 Å². The minimum absolute atomic E-state index is 0.134. The van der Waals surface area contributed by atoms with E-state index in [1.807, 2.05) is 13.0 Å². The molecule has 3 heteroatoms. The fraction of sp³-hybridized carbons (Fsp3) is 0.625. The lowest BCUT2D eigenvalue weighted by Gasteiger charge is -2.39. The second-order valence-corrected chi connectivity index (χ2v) is 6.20. The summed E-state index contributed by atoms with van der Waals surface area (Å²) in [5, 5.41) is 3.67. The lowest BCUT2D eigenvalue weighted by atomic mass is 10.0. The lowest BCUT2D eigenvalue weighted by molar-refractivity contribution is 0.125. The maximum Gasteiger partial charge on any atom is 0.123 e. The molecule has 0 amide bonds. The highest BCUT2D eigenvalue weighted by molar-refractivity contribution is 5.26. The molecule has 0 aromatic heterocycles. The summed E-state index contributed by atoms with van der Waals surface area (Å²) in [5.41, 5.74) is 2.32. The van der Waals surface area contributed by atoms with Gasteiger partial charge in [0.25, 0.3) is 0 Å². The van der Waals surface area contributed by atoms with Crippen molar-refractivity contribution in [3.8, 4) is 0 Å². The van der Waals surface area contributed by atoms with Gasteiger partial charge in [0.1, 0.15) is 5.82 Å². The third kappa shape index (κ3) is 2.98. The topological polar surface area (TPSA) is 15.3 Å². The highest BCUT2D eigenvalue weighted by Crippen LogP contribution is 2.34. The minimum Gasteiger partial charge on any atom is -0.311 e. The standard InChI is InChI=1S/C16H23FN2/c1-11-7-15(17)6-5-14(11)9-19-10-16(13-3-4-13)18-8-12(19)2/h5-7,12-13,16,18H,3-4,8-10H2,1-2H3. The number of nitrogens with one attached hydrogen (secondary N) is 1. The Hall–Kier alpha value is -0.930. The van der Waals surface area contributed by atoms with E-state index in [9.17, 15) is 4.39 Å². The summed E-state index contributed by atoms with van der Waals surface area (Å²) < 4.78 is 13.2. The van der Waals surface area contributed by atoms with Crippen LogP contribution in [-0.2, 0) is 6.54 Å². The molecule has 0 spiro atoms. The van der Waals surface area contributed by atoms with Crippen molar-refractivity contribution in [2.24, 2.45) is 5.92 Å². The number of piperazine rings is 1.